The lowest BCUT2D eigenvalue weighted by atomic mass is 10.1. The van der Waals surface area contributed by atoms with Gasteiger partial charge in [0.25, 0.3) is 6.43 Å². The molecule has 0 saturated carbocycles. The van der Waals surface area contributed by atoms with E-state index in [1.807, 2.05) is 0 Å². The van der Waals surface area contributed by atoms with Gasteiger partial charge in [0.15, 0.2) is 0 Å². The Labute approximate surface area is 100 Å². The Balaban J connectivity index is 1.90. The molecule has 1 unspecified atom stereocenters. The predicted octanol–water partition coefficient (Wildman–Crippen LogP) is 2.58. The largest absolute Gasteiger partial charge is 0.378 e. The maximum Gasteiger partial charge on any atom is 0.261 e. The number of carbonyl (C=O) groups excluding carboxylic acids is 1. The fourth-order valence-electron chi connectivity index (χ4n) is 1.88. The van der Waals surface area contributed by atoms with Crippen molar-refractivity contribution in [2.24, 2.45) is 0 Å². The smallest absolute Gasteiger partial charge is 0.261 e. The van der Waals surface area contributed by atoms with Gasteiger partial charge in [-0.1, -0.05) is 0 Å². The van der Waals surface area contributed by atoms with Crippen molar-refractivity contribution in [2.75, 3.05) is 19.8 Å². The number of carbonyl (C=O) groups is 1. The molecule has 0 spiro atoms. The third-order valence-corrected chi connectivity index (χ3v) is 2.77. The molecule has 0 bridgehead atoms. The zero-order chi connectivity index (χ0) is 12.5. The van der Waals surface area contributed by atoms with Crippen LogP contribution in [0, 0.1) is 0 Å². The molecular weight excluding hydrogens is 230 g/mol. The van der Waals surface area contributed by atoms with Crippen molar-refractivity contribution >= 4 is 5.78 Å². The molecule has 0 N–H and O–H groups in total. The van der Waals surface area contributed by atoms with Crippen molar-refractivity contribution in [3.63, 3.8) is 0 Å². The number of halogens is 2. The molecule has 5 heteroatoms. The van der Waals surface area contributed by atoms with Crippen LogP contribution in [-0.4, -0.2) is 38.1 Å². The van der Waals surface area contributed by atoms with Crippen molar-refractivity contribution in [2.45, 2.75) is 51.1 Å². The lowest BCUT2D eigenvalue weighted by Crippen LogP contribution is -2.10. The summed E-state index contributed by atoms with van der Waals surface area (Å²) in [6.45, 7) is 0.354. The first-order valence-corrected chi connectivity index (χ1v) is 6.17. The minimum Gasteiger partial charge on any atom is -0.378 e. The Morgan fingerprint density at radius 1 is 1.41 bits per heavy atom. The van der Waals surface area contributed by atoms with Crippen LogP contribution in [0.15, 0.2) is 0 Å². The summed E-state index contributed by atoms with van der Waals surface area (Å²) in [5.41, 5.74) is 0. The van der Waals surface area contributed by atoms with Crippen molar-refractivity contribution in [3.05, 3.63) is 0 Å². The molecule has 100 valence electrons. The molecule has 0 aromatic rings. The maximum atomic E-state index is 11.7. The predicted molar refractivity (Wildman–Crippen MR) is 59.3 cm³/mol. The first-order valence-electron chi connectivity index (χ1n) is 6.17. The standard InChI is InChI=1S/C12H20F2O3/c13-12(14)9-16-8-6-10(15)3-1-4-11-5-2-7-17-11/h11-12H,1-9H2. The fourth-order valence-corrected chi connectivity index (χ4v) is 1.88. The van der Waals surface area contributed by atoms with Gasteiger partial charge in [0.05, 0.1) is 12.7 Å². The van der Waals surface area contributed by atoms with Crippen LogP contribution in [0.3, 0.4) is 0 Å². The molecule has 0 amide bonds. The molecule has 0 aromatic heterocycles. The number of hydrogen-bond acceptors (Lipinski definition) is 3. The molecule has 1 heterocycles. The average molecular weight is 250 g/mol. The Hall–Kier alpha value is -0.550. The quantitative estimate of drug-likeness (QED) is 0.590. The van der Waals surface area contributed by atoms with Crippen molar-refractivity contribution in [1.82, 2.24) is 0 Å². The molecule has 1 fully saturated rings. The van der Waals surface area contributed by atoms with Crippen LogP contribution < -0.4 is 0 Å². The van der Waals surface area contributed by atoms with Gasteiger partial charge >= 0.3 is 0 Å². The molecule has 17 heavy (non-hydrogen) atoms. The maximum absolute atomic E-state index is 11.7. The molecule has 3 nitrogen and oxygen atoms in total. The number of Topliss-reactive ketones (excluding diaryl/α,β-unsaturated/α-hetero) is 1. The molecule has 1 atom stereocenters. The second-order valence-corrected chi connectivity index (χ2v) is 4.28. The topological polar surface area (TPSA) is 35.5 Å². The summed E-state index contributed by atoms with van der Waals surface area (Å²) in [4.78, 5) is 11.4. The van der Waals surface area contributed by atoms with Gasteiger partial charge in [-0.15, -0.1) is 0 Å². The van der Waals surface area contributed by atoms with Crippen LogP contribution in [0.4, 0.5) is 8.78 Å². The van der Waals surface area contributed by atoms with Crippen molar-refractivity contribution in [1.29, 1.82) is 0 Å². The monoisotopic (exact) mass is 250 g/mol. The highest BCUT2D eigenvalue weighted by Gasteiger charge is 2.15. The van der Waals surface area contributed by atoms with Gasteiger partial charge in [0, 0.05) is 19.4 Å². The third kappa shape index (κ3) is 7.39. The van der Waals surface area contributed by atoms with E-state index in [1.165, 1.54) is 0 Å². The van der Waals surface area contributed by atoms with E-state index in [0.29, 0.717) is 12.5 Å². The minimum absolute atomic E-state index is 0.0808. The highest BCUT2D eigenvalue weighted by molar-refractivity contribution is 5.78. The van der Waals surface area contributed by atoms with Gasteiger partial charge in [0.1, 0.15) is 12.4 Å². The highest BCUT2D eigenvalue weighted by Crippen LogP contribution is 2.17. The SMILES string of the molecule is O=C(CCCC1CCCO1)CCOCC(F)F. The molecule has 1 saturated heterocycles. The lowest BCUT2D eigenvalue weighted by Gasteiger charge is -2.08. The molecule has 1 aliphatic heterocycles. The van der Waals surface area contributed by atoms with Gasteiger partial charge < -0.3 is 9.47 Å². The van der Waals surface area contributed by atoms with Gasteiger partial charge in [-0.3, -0.25) is 4.79 Å². The fraction of sp³-hybridized carbons (Fsp3) is 0.917. The zero-order valence-corrected chi connectivity index (χ0v) is 10.00. The average Bonchev–Trinajstić information content (AvgIpc) is 2.77. The summed E-state index contributed by atoms with van der Waals surface area (Å²) in [5, 5.41) is 0. The van der Waals surface area contributed by atoms with Gasteiger partial charge in [-0.25, -0.2) is 8.78 Å². The summed E-state index contributed by atoms with van der Waals surface area (Å²) in [7, 11) is 0. The first kappa shape index (κ1) is 14.5. The Kier molecular flexibility index (Phi) is 7.28. The molecule has 0 aromatic carbocycles. The van der Waals surface area contributed by atoms with E-state index in [-0.39, 0.29) is 18.8 Å². The number of alkyl halides is 2. The number of ketones is 1. The molecule has 0 radical (unpaired) electrons. The van der Waals surface area contributed by atoms with Crippen LogP contribution >= 0.6 is 0 Å². The number of hydrogen-bond donors (Lipinski definition) is 0. The second kappa shape index (κ2) is 8.53. The van der Waals surface area contributed by atoms with Gasteiger partial charge in [0.2, 0.25) is 0 Å². The van der Waals surface area contributed by atoms with E-state index in [1.54, 1.807) is 0 Å². The van der Waals surface area contributed by atoms with Crippen LogP contribution in [0.1, 0.15) is 38.5 Å². The summed E-state index contributed by atoms with van der Waals surface area (Å²) in [6, 6.07) is 0. The van der Waals surface area contributed by atoms with Crippen molar-refractivity contribution < 1.29 is 23.0 Å². The van der Waals surface area contributed by atoms with E-state index >= 15 is 0 Å². The van der Waals surface area contributed by atoms with E-state index in [2.05, 4.69) is 4.74 Å². The van der Waals surface area contributed by atoms with E-state index in [4.69, 9.17) is 4.74 Å². The summed E-state index contributed by atoms with van der Waals surface area (Å²) in [6.07, 6.45) is 2.53. The summed E-state index contributed by atoms with van der Waals surface area (Å²) in [5.74, 6) is 0.0808. The minimum atomic E-state index is -2.45. The Morgan fingerprint density at radius 2 is 2.24 bits per heavy atom. The van der Waals surface area contributed by atoms with Crippen molar-refractivity contribution in [3.8, 4) is 0 Å². The molecule has 1 aliphatic rings. The molecular formula is C12H20F2O3. The van der Waals surface area contributed by atoms with Gasteiger partial charge in [-0.2, -0.15) is 0 Å². The van der Waals surface area contributed by atoms with Crippen LogP contribution in [0.5, 0.6) is 0 Å². The second-order valence-electron chi connectivity index (χ2n) is 4.28. The van der Waals surface area contributed by atoms with Gasteiger partial charge in [-0.05, 0) is 25.7 Å². The Bertz CT molecular complexity index is 216. The number of rotatable bonds is 9. The summed E-state index contributed by atoms with van der Waals surface area (Å²) >= 11 is 0. The number of ether oxygens (including phenoxy) is 2. The third-order valence-electron chi connectivity index (χ3n) is 2.77. The van der Waals surface area contributed by atoms with E-state index < -0.39 is 13.0 Å². The molecule has 1 rings (SSSR count). The first-order chi connectivity index (χ1) is 8.18. The zero-order valence-electron chi connectivity index (χ0n) is 10.00. The summed E-state index contributed by atoms with van der Waals surface area (Å²) < 4.78 is 33.5. The normalized spacial score (nSPS) is 20.1. The highest BCUT2D eigenvalue weighted by atomic mass is 19.3. The Morgan fingerprint density at radius 3 is 2.88 bits per heavy atom. The van der Waals surface area contributed by atoms with E-state index in [9.17, 15) is 13.6 Å². The van der Waals surface area contributed by atoms with Crippen LogP contribution in [0.2, 0.25) is 0 Å². The molecule has 0 aliphatic carbocycles. The van der Waals surface area contributed by atoms with Crippen LogP contribution in [0.25, 0.3) is 0 Å². The lowest BCUT2D eigenvalue weighted by molar-refractivity contribution is -0.120. The van der Waals surface area contributed by atoms with Crippen LogP contribution in [-0.2, 0) is 14.3 Å². The van der Waals surface area contributed by atoms with E-state index in [0.717, 1.165) is 32.3 Å².